The first-order valence-corrected chi connectivity index (χ1v) is 6.89. The van der Waals surface area contributed by atoms with Gasteiger partial charge in [0.2, 0.25) is 0 Å². The molecule has 0 amide bonds. The molecule has 1 atom stereocenters. The monoisotopic (exact) mass is 269 g/mol. The second-order valence-electron chi connectivity index (χ2n) is 5.30. The van der Waals surface area contributed by atoms with Crippen molar-refractivity contribution in [1.29, 1.82) is 0 Å². The van der Waals surface area contributed by atoms with E-state index in [1.165, 1.54) is 11.3 Å². The maximum Gasteiger partial charge on any atom is 0.120 e. The van der Waals surface area contributed by atoms with Crippen LogP contribution in [0.2, 0.25) is 0 Å². The molecule has 0 saturated carbocycles. The average molecular weight is 269 g/mol. The Kier molecular flexibility index (Phi) is 3.26. The number of nitrogens with zero attached hydrogens (tertiary/aromatic N) is 1. The topological polar surface area (TPSA) is 32.7 Å². The summed E-state index contributed by atoms with van der Waals surface area (Å²) >= 11 is 0. The van der Waals surface area contributed by atoms with Gasteiger partial charge in [-0.3, -0.25) is 0 Å². The highest BCUT2D eigenvalue weighted by Crippen LogP contribution is 2.35. The predicted octanol–water partition coefficient (Wildman–Crippen LogP) is 3.35. The second-order valence-corrected chi connectivity index (χ2v) is 5.30. The summed E-state index contributed by atoms with van der Waals surface area (Å²) in [6.45, 7) is 2.92. The summed E-state index contributed by atoms with van der Waals surface area (Å²) in [5.41, 5.74) is 3.54. The third kappa shape index (κ3) is 2.20. The summed E-state index contributed by atoms with van der Waals surface area (Å²) in [5, 5.41) is 10.0. The van der Waals surface area contributed by atoms with Crippen molar-refractivity contribution < 1.29 is 9.84 Å². The second kappa shape index (κ2) is 5.08. The Balaban J connectivity index is 1.92. The number of phenols is 1. The zero-order valence-electron chi connectivity index (χ0n) is 11.8. The van der Waals surface area contributed by atoms with Gasteiger partial charge in [-0.25, -0.2) is 0 Å². The molecule has 0 radical (unpaired) electrons. The van der Waals surface area contributed by atoms with Gasteiger partial charge in [0.25, 0.3) is 0 Å². The largest absolute Gasteiger partial charge is 0.508 e. The van der Waals surface area contributed by atoms with Crippen LogP contribution < -0.4 is 9.64 Å². The summed E-state index contributed by atoms with van der Waals surface area (Å²) in [6.07, 6.45) is 1.06. The van der Waals surface area contributed by atoms with Crippen LogP contribution >= 0.6 is 0 Å². The third-order valence-electron chi connectivity index (χ3n) is 3.98. The average Bonchev–Trinajstić information content (AvgIpc) is 2.77. The number of fused-ring (bicyclic) bond motifs is 1. The van der Waals surface area contributed by atoms with Crippen molar-refractivity contribution in [2.45, 2.75) is 25.9 Å². The fraction of sp³-hybridized carbons (Fsp3) is 0.294. The molecule has 3 rings (SSSR count). The van der Waals surface area contributed by atoms with Gasteiger partial charge in [0, 0.05) is 23.8 Å². The number of anilines is 1. The highest BCUT2D eigenvalue weighted by molar-refractivity contribution is 5.60. The number of benzene rings is 2. The van der Waals surface area contributed by atoms with Gasteiger partial charge < -0.3 is 14.7 Å². The SMILES string of the molecule is COc1ccc(O)c(CN2c3ccccc3CC2C)c1. The molecule has 2 aromatic rings. The van der Waals surface area contributed by atoms with E-state index in [0.717, 1.165) is 17.7 Å². The smallest absolute Gasteiger partial charge is 0.120 e. The lowest BCUT2D eigenvalue weighted by atomic mass is 10.1. The van der Waals surface area contributed by atoms with Crippen LogP contribution in [-0.2, 0) is 13.0 Å². The number of aromatic hydroxyl groups is 1. The van der Waals surface area contributed by atoms with E-state index in [0.29, 0.717) is 18.3 Å². The lowest BCUT2D eigenvalue weighted by Gasteiger charge is -2.25. The molecule has 0 aliphatic carbocycles. The van der Waals surface area contributed by atoms with E-state index < -0.39 is 0 Å². The van der Waals surface area contributed by atoms with Gasteiger partial charge in [-0.2, -0.15) is 0 Å². The summed E-state index contributed by atoms with van der Waals surface area (Å²) in [7, 11) is 1.64. The van der Waals surface area contributed by atoms with E-state index in [1.54, 1.807) is 19.2 Å². The molecule has 104 valence electrons. The van der Waals surface area contributed by atoms with Gasteiger partial charge in [-0.05, 0) is 43.2 Å². The van der Waals surface area contributed by atoms with Gasteiger partial charge in [0.1, 0.15) is 11.5 Å². The van der Waals surface area contributed by atoms with Crippen molar-refractivity contribution in [2.24, 2.45) is 0 Å². The number of rotatable bonds is 3. The van der Waals surface area contributed by atoms with Gasteiger partial charge in [-0.1, -0.05) is 18.2 Å². The molecular formula is C17H19NO2. The Labute approximate surface area is 119 Å². The third-order valence-corrected chi connectivity index (χ3v) is 3.98. The molecule has 2 aromatic carbocycles. The quantitative estimate of drug-likeness (QED) is 0.927. The van der Waals surface area contributed by atoms with Crippen molar-refractivity contribution >= 4 is 5.69 Å². The highest BCUT2D eigenvalue weighted by Gasteiger charge is 2.26. The standard InChI is InChI=1S/C17H19NO2/c1-12-9-13-5-3-4-6-16(13)18(12)11-14-10-15(20-2)7-8-17(14)19/h3-8,10,12,19H,9,11H2,1-2H3. The van der Waals surface area contributed by atoms with E-state index in [-0.39, 0.29) is 0 Å². The Morgan fingerprint density at radius 3 is 2.85 bits per heavy atom. The zero-order valence-corrected chi connectivity index (χ0v) is 11.8. The molecule has 1 N–H and O–H groups in total. The fourth-order valence-corrected chi connectivity index (χ4v) is 2.87. The first-order valence-electron chi connectivity index (χ1n) is 6.89. The Morgan fingerprint density at radius 1 is 1.25 bits per heavy atom. The van der Waals surface area contributed by atoms with Crippen LogP contribution in [0.5, 0.6) is 11.5 Å². The fourth-order valence-electron chi connectivity index (χ4n) is 2.87. The number of hydrogen-bond donors (Lipinski definition) is 1. The maximum atomic E-state index is 10.0. The predicted molar refractivity (Wildman–Crippen MR) is 80.4 cm³/mol. The first-order chi connectivity index (χ1) is 9.69. The summed E-state index contributed by atoms with van der Waals surface area (Å²) in [5.74, 6) is 1.10. The Hall–Kier alpha value is -2.16. The van der Waals surface area contributed by atoms with E-state index in [1.807, 2.05) is 6.07 Å². The molecule has 1 aliphatic heterocycles. The van der Waals surface area contributed by atoms with Crippen molar-refractivity contribution in [3.8, 4) is 11.5 Å². The number of methoxy groups -OCH3 is 1. The van der Waals surface area contributed by atoms with Crippen molar-refractivity contribution in [3.63, 3.8) is 0 Å². The van der Waals surface area contributed by atoms with Crippen LogP contribution in [0.25, 0.3) is 0 Å². The summed E-state index contributed by atoms with van der Waals surface area (Å²) < 4.78 is 5.24. The minimum atomic E-state index is 0.322. The summed E-state index contributed by atoms with van der Waals surface area (Å²) in [4.78, 5) is 2.34. The number of hydrogen-bond acceptors (Lipinski definition) is 3. The van der Waals surface area contributed by atoms with Crippen LogP contribution in [-0.4, -0.2) is 18.3 Å². The zero-order chi connectivity index (χ0) is 14.1. The molecule has 3 nitrogen and oxygen atoms in total. The lowest BCUT2D eigenvalue weighted by molar-refractivity contribution is 0.410. The van der Waals surface area contributed by atoms with E-state index >= 15 is 0 Å². The molecule has 0 aromatic heterocycles. The molecule has 1 aliphatic rings. The summed E-state index contributed by atoms with van der Waals surface area (Å²) in [6, 6.07) is 14.3. The van der Waals surface area contributed by atoms with Crippen LogP contribution in [0.4, 0.5) is 5.69 Å². The molecule has 1 heterocycles. The van der Waals surface area contributed by atoms with E-state index in [4.69, 9.17) is 4.74 Å². The Bertz CT molecular complexity index is 624. The molecule has 0 saturated heterocycles. The molecule has 0 bridgehead atoms. The van der Waals surface area contributed by atoms with Crippen LogP contribution in [0, 0.1) is 0 Å². The van der Waals surface area contributed by atoms with Crippen molar-refractivity contribution in [1.82, 2.24) is 0 Å². The molecule has 1 unspecified atom stereocenters. The maximum absolute atomic E-state index is 10.0. The molecular weight excluding hydrogens is 250 g/mol. The highest BCUT2D eigenvalue weighted by atomic mass is 16.5. The minimum Gasteiger partial charge on any atom is -0.508 e. The van der Waals surface area contributed by atoms with Crippen LogP contribution in [0.1, 0.15) is 18.1 Å². The first kappa shape index (κ1) is 12.9. The van der Waals surface area contributed by atoms with Crippen molar-refractivity contribution in [2.75, 3.05) is 12.0 Å². The van der Waals surface area contributed by atoms with E-state index in [9.17, 15) is 5.11 Å². The van der Waals surface area contributed by atoms with Gasteiger partial charge in [-0.15, -0.1) is 0 Å². The number of para-hydroxylation sites is 1. The van der Waals surface area contributed by atoms with Gasteiger partial charge in [0.15, 0.2) is 0 Å². The van der Waals surface area contributed by atoms with Crippen LogP contribution in [0.15, 0.2) is 42.5 Å². The van der Waals surface area contributed by atoms with Crippen LogP contribution in [0.3, 0.4) is 0 Å². The Morgan fingerprint density at radius 2 is 2.05 bits per heavy atom. The minimum absolute atomic E-state index is 0.322. The molecule has 3 heteroatoms. The molecule has 20 heavy (non-hydrogen) atoms. The van der Waals surface area contributed by atoms with E-state index in [2.05, 4.69) is 36.1 Å². The molecule has 0 spiro atoms. The van der Waals surface area contributed by atoms with Gasteiger partial charge >= 0.3 is 0 Å². The van der Waals surface area contributed by atoms with Gasteiger partial charge in [0.05, 0.1) is 7.11 Å². The van der Waals surface area contributed by atoms with Crippen molar-refractivity contribution in [3.05, 3.63) is 53.6 Å². The number of ether oxygens (including phenoxy) is 1. The normalized spacial score (nSPS) is 17.1. The number of phenolic OH excluding ortho intramolecular Hbond substituents is 1. The lowest BCUT2D eigenvalue weighted by Crippen LogP contribution is -2.28. The molecule has 0 fully saturated rings.